The summed E-state index contributed by atoms with van der Waals surface area (Å²) in [4.78, 5) is 9.34. The number of fused-ring (bicyclic) bond motifs is 2. The molecule has 5 rings (SSSR count). The first-order valence-electron chi connectivity index (χ1n) is 8.60. The van der Waals surface area contributed by atoms with E-state index in [1.165, 1.54) is 5.39 Å². The average Bonchev–Trinajstić information content (AvgIpc) is 2.73. The standard InChI is InChI=1S/C24H15N2.Ir/c1-3-7-21-17(5-1)15-16-25-24(21)20-11-9-19(10-12-20)23-14-13-18-6-2-4-8-22(18)26-23;/h1-11,13-16H;/q-1;. The molecule has 0 atom stereocenters. The molecule has 0 aliphatic heterocycles. The molecule has 3 aromatic carbocycles. The van der Waals surface area contributed by atoms with Gasteiger partial charge in [-0.05, 0) is 34.7 Å². The summed E-state index contributed by atoms with van der Waals surface area (Å²) < 4.78 is 0. The Balaban J connectivity index is 0.00000180. The van der Waals surface area contributed by atoms with Crippen LogP contribution in [0.5, 0.6) is 0 Å². The van der Waals surface area contributed by atoms with Gasteiger partial charge in [-0.15, -0.1) is 29.8 Å². The fourth-order valence-electron chi connectivity index (χ4n) is 3.29. The van der Waals surface area contributed by atoms with Crippen LogP contribution in [0.4, 0.5) is 0 Å². The second-order valence-electron chi connectivity index (χ2n) is 6.26. The minimum atomic E-state index is 0. The molecule has 0 fully saturated rings. The van der Waals surface area contributed by atoms with Gasteiger partial charge in [0.25, 0.3) is 0 Å². The molecule has 0 N–H and O–H groups in total. The first kappa shape index (κ1) is 17.5. The second-order valence-corrected chi connectivity index (χ2v) is 6.26. The van der Waals surface area contributed by atoms with Crippen LogP contribution in [0.3, 0.4) is 0 Å². The van der Waals surface area contributed by atoms with Crippen molar-refractivity contribution in [3.05, 3.63) is 97.2 Å². The molecule has 131 valence electrons. The Bertz CT molecular complexity index is 1220. The molecule has 1 radical (unpaired) electrons. The largest absolute Gasteiger partial charge is 0.304 e. The van der Waals surface area contributed by atoms with E-state index in [4.69, 9.17) is 4.98 Å². The van der Waals surface area contributed by atoms with Crippen LogP contribution in [-0.4, -0.2) is 9.97 Å². The molecule has 2 nitrogen and oxygen atoms in total. The Morgan fingerprint density at radius 3 is 2.37 bits per heavy atom. The van der Waals surface area contributed by atoms with Crippen molar-refractivity contribution >= 4 is 21.7 Å². The van der Waals surface area contributed by atoms with Gasteiger partial charge in [-0.3, -0.25) is 4.98 Å². The van der Waals surface area contributed by atoms with Crippen LogP contribution < -0.4 is 0 Å². The zero-order valence-corrected chi connectivity index (χ0v) is 16.8. The molecular weight excluding hydrogens is 508 g/mol. The second kappa shape index (κ2) is 7.40. The summed E-state index contributed by atoms with van der Waals surface area (Å²) in [5.74, 6) is 0. The Labute approximate surface area is 171 Å². The number of pyridine rings is 2. The minimum Gasteiger partial charge on any atom is -0.304 e. The van der Waals surface area contributed by atoms with Gasteiger partial charge in [0.2, 0.25) is 0 Å². The van der Waals surface area contributed by atoms with Crippen molar-refractivity contribution in [3.8, 4) is 22.5 Å². The maximum absolute atomic E-state index is 4.76. The van der Waals surface area contributed by atoms with Crippen molar-refractivity contribution in [2.75, 3.05) is 0 Å². The first-order valence-corrected chi connectivity index (χ1v) is 8.60. The molecule has 5 aromatic rings. The Kier molecular flexibility index (Phi) is 4.81. The van der Waals surface area contributed by atoms with Crippen LogP contribution in [0.25, 0.3) is 44.2 Å². The van der Waals surface area contributed by atoms with E-state index in [-0.39, 0.29) is 20.1 Å². The number of nitrogens with zero attached hydrogens (tertiary/aromatic N) is 2. The summed E-state index contributed by atoms with van der Waals surface area (Å²) in [7, 11) is 0. The maximum Gasteiger partial charge on any atom is 0.0699 e. The molecule has 2 aromatic heterocycles. The van der Waals surface area contributed by atoms with Gasteiger partial charge >= 0.3 is 0 Å². The molecule has 0 spiro atoms. The molecule has 2 heterocycles. The number of benzene rings is 3. The van der Waals surface area contributed by atoms with Crippen LogP contribution in [0.2, 0.25) is 0 Å². The molecular formula is C24H15IrN2-. The van der Waals surface area contributed by atoms with Crippen molar-refractivity contribution in [2.45, 2.75) is 0 Å². The van der Waals surface area contributed by atoms with Crippen molar-refractivity contribution in [1.82, 2.24) is 9.97 Å². The summed E-state index contributed by atoms with van der Waals surface area (Å²) >= 11 is 0. The Morgan fingerprint density at radius 1 is 0.704 bits per heavy atom. The quantitative estimate of drug-likeness (QED) is 0.269. The molecule has 0 saturated heterocycles. The van der Waals surface area contributed by atoms with Crippen molar-refractivity contribution < 1.29 is 20.1 Å². The normalized spacial score (nSPS) is 10.7. The van der Waals surface area contributed by atoms with Crippen molar-refractivity contribution in [1.29, 1.82) is 0 Å². The summed E-state index contributed by atoms with van der Waals surface area (Å²) in [6.45, 7) is 0. The van der Waals surface area contributed by atoms with Gasteiger partial charge in [-0.1, -0.05) is 54.1 Å². The number of hydrogen-bond acceptors (Lipinski definition) is 2. The summed E-state index contributed by atoms with van der Waals surface area (Å²) in [5, 5.41) is 3.48. The van der Waals surface area contributed by atoms with Crippen LogP contribution in [0.15, 0.2) is 91.1 Å². The van der Waals surface area contributed by atoms with E-state index >= 15 is 0 Å². The van der Waals surface area contributed by atoms with E-state index in [2.05, 4.69) is 53.5 Å². The fraction of sp³-hybridized carbons (Fsp3) is 0. The van der Waals surface area contributed by atoms with Crippen LogP contribution in [0, 0.1) is 6.07 Å². The van der Waals surface area contributed by atoms with E-state index in [1.54, 1.807) is 0 Å². The van der Waals surface area contributed by atoms with Gasteiger partial charge in [-0.2, -0.15) is 0 Å². The first-order chi connectivity index (χ1) is 12.9. The zero-order chi connectivity index (χ0) is 17.3. The van der Waals surface area contributed by atoms with Gasteiger partial charge in [0.15, 0.2) is 0 Å². The predicted molar refractivity (Wildman–Crippen MR) is 107 cm³/mol. The molecule has 0 amide bonds. The van der Waals surface area contributed by atoms with E-state index in [0.29, 0.717) is 0 Å². The van der Waals surface area contributed by atoms with Crippen LogP contribution in [0.1, 0.15) is 0 Å². The third-order valence-electron chi connectivity index (χ3n) is 4.64. The molecule has 3 heteroatoms. The van der Waals surface area contributed by atoms with Gasteiger partial charge in [0.05, 0.1) is 5.52 Å². The fourth-order valence-corrected chi connectivity index (χ4v) is 3.29. The summed E-state index contributed by atoms with van der Waals surface area (Å²) in [6.07, 6.45) is 1.85. The van der Waals surface area contributed by atoms with E-state index in [1.807, 2.05) is 48.7 Å². The van der Waals surface area contributed by atoms with E-state index < -0.39 is 0 Å². The van der Waals surface area contributed by atoms with Gasteiger partial charge in [-0.25, -0.2) is 0 Å². The summed E-state index contributed by atoms with van der Waals surface area (Å²) in [5.41, 5.74) is 4.97. The van der Waals surface area contributed by atoms with E-state index in [9.17, 15) is 0 Å². The van der Waals surface area contributed by atoms with E-state index in [0.717, 1.165) is 38.8 Å². The Morgan fingerprint density at radius 2 is 1.52 bits per heavy atom. The average molecular weight is 524 g/mol. The van der Waals surface area contributed by atoms with Crippen LogP contribution >= 0.6 is 0 Å². The predicted octanol–water partition coefficient (Wildman–Crippen LogP) is 5.91. The molecule has 27 heavy (non-hydrogen) atoms. The molecule has 0 saturated carbocycles. The van der Waals surface area contributed by atoms with Gasteiger partial charge in [0, 0.05) is 37.4 Å². The van der Waals surface area contributed by atoms with Gasteiger partial charge < -0.3 is 4.98 Å². The molecule has 0 unspecified atom stereocenters. The number of aromatic nitrogens is 2. The third-order valence-corrected chi connectivity index (χ3v) is 4.64. The number of para-hydroxylation sites is 1. The molecule has 0 bridgehead atoms. The number of rotatable bonds is 2. The number of hydrogen-bond donors (Lipinski definition) is 0. The molecule has 0 aliphatic rings. The smallest absolute Gasteiger partial charge is 0.0699 e. The zero-order valence-electron chi connectivity index (χ0n) is 14.4. The van der Waals surface area contributed by atoms with Crippen LogP contribution in [-0.2, 0) is 20.1 Å². The van der Waals surface area contributed by atoms with Crippen molar-refractivity contribution in [3.63, 3.8) is 0 Å². The monoisotopic (exact) mass is 524 g/mol. The molecule has 0 aliphatic carbocycles. The third kappa shape index (κ3) is 3.28. The maximum atomic E-state index is 4.76. The topological polar surface area (TPSA) is 25.8 Å². The SMILES string of the molecule is [Ir].[c-]1cc(-c2ccc3ccccc3n2)ccc1-c1nccc2ccccc12. The summed E-state index contributed by atoms with van der Waals surface area (Å²) in [6, 6.07) is 32.2. The minimum absolute atomic E-state index is 0. The van der Waals surface area contributed by atoms with Crippen molar-refractivity contribution in [2.24, 2.45) is 0 Å². The van der Waals surface area contributed by atoms with Gasteiger partial charge in [0.1, 0.15) is 0 Å². The Hall–Kier alpha value is -2.87.